The molecule has 0 radical (unpaired) electrons. The van der Waals surface area contributed by atoms with Gasteiger partial charge < -0.3 is 5.11 Å². The van der Waals surface area contributed by atoms with Gasteiger partial charge in [0.2, 0.25) is 0 Å². The molecule has 9 heteroatoms. The fourth-order valence-electron chi connectivity index (χ4n) is 0.767. The summed E-state index contributed by atoms with van der Waals surface area (Å²) in [5.74, 6) is 0. The highest BCUT2D eigenvalue weighted by Crippen LogP contribution is 2.09. The highest BCUT2D eigenvalue weighted by molar-refractivity contribution is 7.85. The second-order valence-corrected chi connectivity index (χ2v) is 5.90. The predicted octanol–water partition coefficient (Wildman–Crippen LogP) is -0.0704. The van der Waals surface area contributed by atoms with Gasteiger partial charge in [-0.2, -0.15) is 16.8 Å². The van der Waals surface area contributed by atoms with Gasteiger partial charge in [0.05, 0.1) is 17.8 Å². The van der Waals surface area contributed by atoms with E-state index in [1.807, 2.05) is 0 Å². The third kappa shape index (κ3) is 8.77. The van der Waals surface area contributed by atoms with Crippen molar-refractivity contribution < 1.29 is 31.0 Å². The molecular formula is C8H12O7S2. The standard InChI is InChI=1S/C7H8O4S.CH4O3S/c8-5-6-1-3-7(4-2-6)12(9,10)11;1-5(2,3)4/h1-4,8H,5H2,(H,9,10,11);1H3,(H,2,3,4). The van der Waals surface area contributed by atoms with E-state index in [4.69, 9.17) is 14.2 Å². The molecule has 0 aromatic heterocycles. The molecule has 0 unspecified atom stereocenters. The molecule has 0 saturated heterocycles. The predicted molar refractivity (Wildman–Crippen MR) is 59.7 cm³/mol. The summed E-state index contributed by atoms with van der Waals surface area (Å²) in [5, 5.41) is 8.62. The van der Waals surface area contributed by atoms with Crippen LogP contribution in [-0.2, 0) is 26.8 Å². The maximum absolute atomic E-state index is 10.5. The van der Waals surface area contributed by atoms with Crippen LogP contribution in [0, 0.1) is 0 Å². The second-order valence-electron chi connectivity index (χ2n) is 3.01. The molecule has 7 nitrogen and oxygen atoms in total. The van der Waals surface area contributed by atoms with Gasteiger partial charge in [-0.05, 0) is 17.7 Å². The molecule has 1 aromatic carbocycles. The van der Waals surface area contributed by atoms with Crippen LogP contribution >= 0.6 is 0 Å². The van der Waals surface area contributed by atoms with Crippen molar-refractivity contribution in [2.24, 2.45) is 0 Å². The molecule has 3 N–H and O–H groups in total. The summed E-state index contributed by atoms with van der Waals surface area (Å²) in [5.41, 5.74) is 0.599. The van der Waals surface area contributed by atoms with Crippen molar-refractivity contribution in [2.75, 3.05) is 6.26 Å². The van der Waals surface area contributed by atoms with Crippen molar-refractivity contribution in [1.29, 1.82) is 0 Å². The van der Waals surface area contributed by atoms with Crippen LogP contribution in [0.4, 0.5) is 0 Å². The molecule has 1 rings (SSSR count). The Kier molecular flexibility index (Phi) is 5.72. The van der Waals surface area contributed by atoms with Crippen molar-refractivity contribution in [1.82, 2.24) is 0 Å². The number of hydrogen-bond donors (Lipinski definition) is 3. The summed E-state index contributed by atoms with van der Waals surface area (Å²) in [7, 11) is -7.78. The lowest BCUT2D eigenvalue weighted by Gasteiger charge is -1.97. The third-order valence-corrected chi connectivity index (χ3v) is 2.27. The van der Waals surface area contributed by atoms with Crippen molar-refractivity contribution in [3.05, 3.63) is 29.8 Å². The number of benzene rings is 1. The topological polar surface area (TPSA) is 129 Å². The van der Waals surface area contributed by atoms with Crippen LogP contribution in [-0.4, -0.2) is 37.3 Å². The van der Waals surface area contributed by atoms with Crippen LogP contribution in [0.25, 0.3) is 0 Å². The highest BCUT2D eigenvalue weighted by Gasteiger charge is 2.07. The van der Waals surface area contributed by atoms with Gasteiger partial charge in [-0.25, -0.2) is 0 Å². The lowest BCUT2D eigenvalue weighted by Crippen LogP contribution is -1.97. The Balaban J connectivity index is 0.000000437. The SMILES string of the molecule is CS(=O)(=O)O.O=S(=O)(O)c1ccc(CO)cc1. The first kappa shape index (κ1) is 16.0. The van der Waals surface area contributed by atoms with Crippen LogP contribution in [0.1, 0.15) is 5.56 Å². The minimum absolute atomic E-state index is 0.147. The Morgan fingerprint density at radius 2 is 1.35 bits per heavy atom. The zero-order valence-corrected chi connectivity index (χ0v) is 10.4. The Morgan fingerprint density at radius 3 is 1.59 bits per heavy atom. The zero-order chi connectivity index (χ0) is 13.7. The van der Waals surface area contributed by atoms with Gasteiger partial charge in [0.25, 0.3) is 20.2 Å². The first-order valence-electron chi connectivity index (χ1n) is 4.14. The molecule has 0 amide bonds. The van der Waals surface area contributed by atoms with E-state index in [-0.39, 0.29) is 11.5 Å². The Hall–Kier alpha value is -1.00. The monoisotopic (exact) mass is 284 g/mol. The summed E-state index contributed by atoms with van der Waals surface area (Å²) >= 11 is 0. The van der Waals surface area contributed by atoms with Gasteiger partial charge in [-0.1, -0.05) is 12.1 Å². The number of hydrogen-bond acceptors (Lipinski definition) is 5. The van der Waals surface area contributed by atoms with Crippen LogP contribution in [0.3, 0.4) is 0 Å². The highest BCUT2D eigenvalue weighted by atomic mass is 32.2. The largest absolute Gasteiger partial charge is 0.392 e. The maximum atomic E-state index is 10.5. The molecule has 17 heavy (non-hydrogen) atoms. The van der Waals surface area contributed by atoms with E-state index in [0.29, 0.717) is 11.8 Å². The van der Waals surface area contributed by atoms with E-state index >= 15 is 0 Å². The minimum atomic E-state index is -4.11. The first-order chi connectivity index (χ1) is 7.54. The molecule has 0 fully saturated rings. The molecule has 0 saturated carbocycles. The normalized spacial score (nSPS) is 11.5. The average molecular weight is 284 g/mol. The molecule has 0 aliphatic rings. The summed E-state index contributed by atoms with van der Waals surface area (Å²) < 4.78 is 55.5. The molecule has 0 spiro atoms. The average Bonchev–Trinajstić information content (AvgIpc) is 2.14. The molecule has 0 atom stereocenters. The van der Waals surface area contributed by atoms with Crippen LogP contribution < -0.4 is 0 Å². The molecule has 1 aromatic rings. The quantitative estimate of drug-likeness (QED) is 0.648. The summed E-state index contributed by atoms with van der Waals surface area (Å²) in [6, 6.07) is 5.34. The van der Waals surface area contributed by atoms with Crippen molar-refractivity contribution >= 4 is 20.2 Å². The molecular weight excluding hydrogens is 272 g/mol. The molecule has 0 aliphatic carbocycles. The first-order valence-corrected chi connectivity index (χ1v) is 7.42. The smallest absolute Gasteiger partial charge is 0.294 e. The third-order valence-electron chi connectivity index (χ3n) is 1.40. The summed E-state index contributed by atoms with van der Waals surface area (Å²) in [6.07, 6.45) is 0.715. The minimum Gasteiger partial charge on any atom is -0.392 e. The number of aliphatic hydroxyl groups excluding tert-OH is 1. The van der Waals surface area contributed by atoms with E-state index in [0.717, 1.165) is 0 Å². The zero-order valence-electron chi connectivity index (χ0n) is 8.81. The Labute approximate surface area is 99.2 Å². The van der Waals surface area contributed by atoms with Crippen molar-refractivity contribution in [3.8, 4) is 0 Å². The van der Waals surface area contributed by atoms with E-state index < -0.39 is 20.2 Å². The molecule has 0 heterocycles. The van der Waals surface area contributed by atoms with Gasteiger partial charge in [-0.3, -0.25) is 9.11 Å². The van der Waals surface area contributed by atoms with Crippen LogP contribution in [0.15, 0.2) is 29.2 Å². The fourth-order valence-corrected chi connectivity index (χ4v) is 1.25. The molecule has 0 bridgehead atoms. The van der Waals surface area contributed by atoms with E-state index in [2.05, 4.69) is 0 Å². The van der Waals surface area contributed by atoms with Gasteiger partial charge >= 0.3 is 0 Å². The van der Waals surface area contributed by atoms with Crippen LogP contribution in [0.2, 0.25) is 0 Å². The van der Waals surface area contributed by atoms with Crippen molar-refractivity contribution in [3.63, 3.8) is 0 Å². The van der Waals surface area contributed by atoms with Crippen molar-refractivity contribution in [2.45, 2.75) is 11.5 Å². The number of rotatable bonds is 2. The number of aliphatic hydroxyl groups is 1. The molecule has 0 aliphatic heterocycles. The summed E-state index contributed by atoms with van der Waals surface area (Å²) in [4.78, 5) is -0.167. The molecule has 98 valence electrons. The van der Waals surface area contributed by atoms with E-state index in [1.54, 1.807) is 0 Å². The van der Waals surface area contributed by atoms with E-state index in [9.17, 15) is 16.8 Å². The fraction of sp³-hybridized carbons (Fsp3) is 0.250. The van der Waals surface area contributed by atoms with Gasteiger partial charge in [0.15, 0.2) is 0 Å². The summed E-state index contributed by atoms with van der Waals surface area (Å²) in [6.45, 7) is -0.147. The lowest BCUT2D eigenvalue weighted by molar-refractivity contribution is 0.281. The lowest BCUT2D eigenvalue weighted by atomic mass is 10.2. The van der Waals surface area contributed by atoms with Gasteiger partial charge in [-0.15, -0.1) is 0 Å². The Morgan fingerprint density at radius 1 is 1.00 bits per heavy atom. The van der Waals surface area contributed by atoms with Crippen LogP contribution in [0.5, 0.6) is 0 Å². The Bertz CT molecular complexity index is 534. The van der Waals surface area contributed by atoms with E-state index in [1.165, 1.54) is 24.3 Å². The maximum Gasteiger partial charge on any atom is 0.294 e. The van der Waals surface area contributed by atoms with Gasteiger partial charge in [0, 0.05) is 0 Å². The second kappa shape index (κ2) is 6.07. The van der Waals surface area contributed by atoms with Gasteiger partial charge in [0.1, 0.15) is 0 Å².